The lowest BCUT2D eigenvalue weighted by molar-refractivity contribution is 0.0696. The molecular weight excluding hydrogens is 328 g/mol. The number of hydrogen-bond acceptors (Lipinski definition) is 3. The van der Waals surface area contributed by atoms with Gasteiger partial charge in [0.05, 0.1) is 12.2 Å². The van der Waals surface area contributed by atoms with Crippen LogP contribution in [0.1, 0.15) is 54.4 Å². The molecule has 0 atom stereocenters. The van der Waals surface area contributed by atoms with Crippen molar-refractivity contribution in [3.63, 3.8) is 0 Å². The molecule has 0 bridgehead atoms. The Balaban J connectivity index is 1.55. The second-order valence-corrected chi connectivity index (χ2v) is 6.88. The number of carbonyl (C=O) groups is 1. The van der Waals surface area contributed by atoms with Crippen molar-refractivity contribution < 1.29 is 19.4 Å². The van der Waals surface area contributed by atoms with Crippen molar-refractivity contribution in [2.24, 2.45) is 5.92 Å². The molecule has 1 aliphatic carbocycles. The fraction of sp³-hybridized carbons (Fsp3) is 0.409. The van der Waals surface area contributed by atoms with Gasteiger partial charge < -0.3 is 14.6 Å². The molecule has 4 nitrogen and oxygen atoms in total. The Morgan fingerprint density at radius 1 is 0.962 bits per heavy atom. The zero-order valence-corrected chi connectivity index (χ0v) is 15.0. The Kier molecular flexibility index (Phi) is 6.53. The fourth-order valence-corrected chi connectivity index (χ4v) is 3.46. The first-order chi connectivity index (χ1) is 12.7. The van der Waals surface area contributed by atoms with Crippen LogP contribution in [0.15, 0.2) is 48.5 Å². The van der Waals surface area contributed by atoms with Gasteiger partial charge in [-0.25, -0.2) is 4.79 Å². The highest BCUT2D eigenvalue weighted by atomic mass is 16.5. The van der Waals surface area contributed by atoms with Gasteiger partial charge in [-0.05, 0) is 42.2 Å². The number of aromatic carboxylic acids is 1. The molecule has 0 amide bonds. The van der Waals surface area contributed by atoms with E-state index >= 15 is 0 Å². The third kappa shape index (κ3) is 5.25. The molecule has 3 rings (SSSR count). The Labute approximate surface area is 154 Å². The molecule has 0 spiro atoms. The van der Waals surface area contributed by atoms with Crippen molar-refractivity contribution in [2.45, 2.75) is 45.1 Å². The maximum atomic E-state index is 11.1. The van der Waals surface area contributed by atoms with Crippen LogP contribution in [0.4, 0.5) is 0 Å². The van der Waals surface area contributed by atoms with Gasteiger partial charge in [0, 0.05) is 0 Å². The van der Waals surface area contributed by atoms with Gasteiger partial charge in [0.1, 0.15) is 6.61 Å². The normalized spacial score (nSPS) is 14.8. The van der Waals surface area contributed by atoms with Crippen LogP contribution in [-0.4, -0.2) is 17.7 Å². The lowest BCUT2D eigenvalue weighted by atomic mass is 9.87. The third-order valence-electron chi connectivity index (χ3n) is 4.93. The molecule has 0 heterocycles. The molecule has 26 heavy (non-hydrogen) atoms. The van der Waals surface area contributed by atoms with Crippen LogP contribution in [0.5, 0.6) is 11.5 Å². The zero-order valence-electron chi connectivity index (χ0n) is 15.0. The summed E-state index contributed by atoms with van der Waals surface area (Å²) in [5.41, 5.74) is 1.09. The molecule has 0 radical (unpaired) electrons. The summed E-state index contributed by atoms with van der Waals surface area (Å²) in [6, 6.07) is 14.5. The number of ether oxygens (including phenoxy) is 2. The van der Waals surface area contributed by atoms with Gasteiger partial charge in [0.15, 0.2) is 11.5 Å². The molecule has 1 saturated carbocycles. The third-order valence-corrected chi connectivity index (χ3v) is 4.93. The minimum atomic E-state index is -0.932. The van der Waals surface area contributed by atoms with Gasteiger partial charge in [-0.1, -0.05) is 56.4 Å². The van der Waals surface area contributed by atoms with Gasteiger partial charge in [0.25, 0.3) is 0 Å². The van der Waals surface area contributed by atoms with E-state index in [0.717, 1.165) is 23.7 Å². The van der Waals surface area contributed by atoms with Crippen LogP contribution in [0.25, 0.3) is 0 Å². The lowest BCUT2D eigenvalue weighted by Gasteiger charge is -2.21. The monoisotopic (exact) mass is 354 g/mol. The summed E-state index contributed by atoms with van der Waals surface area (Å²) >= 11 is 0. The maximum absolute atomic E-state index is 11.1. The molecule has 0 aromatic heterocycles. The summed E-state index contributed by atoms with van der Waals surface area (Å²) in [5.74, 6) is 1.29. The van der Waals surface area contributed by atoms with Gasteiger partial charge in [-0.3, -0.25) is 0 Å². The Morgan fingerprint density at radius 3 is 2.42 bits per heavy atom. The first-order valence-corrected chi connectivity index (χ1v) is 9.39. The van der Waals surface area contributed by atoms with E-state index in [1.54, 1.807) is 18.2 Å². The Bertz CT molecular complexity index is 720. The number of carboxylic acid groups (broad SMARTS) is 1. The second kappa shape index (κ2) is 9.27. The molecule has 1 N–H and O–H groups in total. The van der Waals surface area contributed by atoms with Crippen molar-refractivity contribution in [3.8, 4) is 11.5 Å². The van der Waals surface area contributed by atoms with Gasteiger partial charge in [-0.15, -0.1) is 0 Å². The highest BCUT2D eigenvalue weighted by Gasteiger charge is 2.14. The van der Waals surface area contributed by atoms with Crippen LogP contribution in [0.3, 0.4) is 0 Å². The molecule has 1 aliphatic rings. The average molecular weight is 354 g/mol. The lowest BCUT2D eigenvalue weighted by Crippen LogP contribution is -2.11. The van der Waals surface area contributed by atoms with Crippen LogP contribution in [0, 0.1) is 5.92 Å². The summed E-state index contributed by atoms with van der Waals surface area (Å²) in [6.45, 7) is 1.02. The van der Waals surface area contributed by atoms with Crippen LogP contribution >= 0.6 is 0 Å². The minimum Gasteiger partial charge on any atom is -0.490 e. The summed E-state index contributed by atoms with van der Waals surface area (Å²) in [4.78, 5) is 11.1. The molecule has 0 saturated heterocycles. The van der Waals surface area contributed by atoms with E-state index in [-0.39, 0.29) is 5.56 Å². The minimum absolute atomic E-state index is 0.267. The Hall–Kier alpha value is -2.49. The smallest absolute Gasteiger partial charge is 0.335 e. The van der Waals surface area contributed by atoms with Gasteiger partial charge >= 0.3 is 5.97 Å². The molecule has 0 unspecified atom stereocenters. The number of hydrogen-bond donors (Lipinski definition) is 1. The van der Waals surface area contributed by atoms with E-state index < -0.39 is 5.97 Å². The molecule has 0 aliphatic heterocycles. The first kappa shape index (κ1) is 18.3. The van der Waals surface area contributed by atoms with Crippen LogP contribution < -0.4 is 9.47 Å². The van der Waals surface area contributed by atoms with Crippen molar-refractivity contribution in [1.82, 2.24) is 0 Å². The fourth-order valence-electron chi connectivity index (χ4n) is 3.46. The summed E-state index contributed by atoms with van der Waals surface area (Å²) in [6.07, 6.45) is 7.80. The van der Waals surface area contributed by atoms with Gasteiger partial charge in [-0.2, -0.15) is 0 Å². The van der Waals surface area contributed by atoms with Crippen molar-refractivity contribution in [1.29, 1.82) is 0 Å². The molecule has 138 valence electrons. The van der Waals surface area contributed by atoms with Crippen molar-refractivity contribution >= 4 is 5.97 Å². The van der Waals surface area contributed by atoms with E-state index in [9.17, 15) is 4.79 Å². The molecular formula is C22H26O4. The number of carboxylic acids is 1. The maximum Gasteiger partial charge on any atom is 0.335 e. The standard InChI is InChI=1S/C22H26O4/c23-22(24)19-10-6-9-18(15-19)16-26-21-12-5-4-11-20(21)25-14-13-17-7-2-1-3-8-17/h4-6,9-12,15,17H,1-3,7-8,13-14,16H2,(H,23,24). The zero-order chi connectivity index (χ0) is 18.2. The SMILES string of the molecule is O=C(O)c1cccc(COc2ccccc2OCCC2CCCCC2)c1. The van der Waals surface area contributed by atoms with E-state index in [1.165, 1.54) is 32.1 Å². The quantitative estimate of drug-likeness (QED) is 0.698. The predicted octanol–water partition coefficient (Wildman–Crippen LogP) is 5.31. The highest BCUT2D eigenvalue weighted by molar-refractivity contribution is 5.87. The molecule has 4 heteroatoms. The van der Waals surface area contributed by atoms with Crippen LogP contribution in [0.2, 0.25) is 0 Å². The molecule has 2 aromatic rings. The van der Waals surface area contributed by atoms with Crippen LogP contribution in [-0.2, 0) is 6.61 Å². The van der Waals surface area contributed by atoms with E-state index in [0.29, 0.717) is 19.0 Å². The van der Waals surface area contributed by atoms with Crippen molar-refractivity contribution in [2.75, 3.05) is 6.61 Å². The summed E-state index contributed by atoms with van der Waals surface area (Å²) < 4.78 is 11.9. The van der Waals surface area contributed by atoms with E-state index in [2.05, 4.69) is 0 Å². The van der Waals surface area contributed by atoms with E-state index in [4.69, 9.17) is 14.6 Å². The Morgan fingerprint density at radius 2 is 1.69 bits per heavy atom. The summed E-state index contributed by atoms with van der Waals surface area (Å²) in [7, 11) is 0. The highest BCUT2D eigenvalue weighted by Crippen LogP contribution is 2.30. The topological polar surface area (TPSA) is 55.8 Å². The van der Waals surface area contributed by atoms with E-state index in [1.807, 2.05) is 30.3 Å². The largest absolute Gasteiger partial charge is 0.490 e. The van der Waals surface area contributed by atoms with Crippen molar-refractivity contribution in [3.05, 3.63) is 59.7 Å². The van der Waals surface area contributed by atoms with Gasteiger partial charge in [0.2, 0.25) is 0 Å². The molecule has 1 fully saturated rings. The second-order valence-electron chi connectivity index (χ2n) is 6.88. The number of benzene rings is 2. The number of rotatable bonds is 8. The first-order valence-electron chi connectivity index (χ1n) is 9.39. The molecule has 2 aromatic carbocycles. The summed E-state index contributed by atoms with van der Waals surface area (Å²) in [5, 5.41) is 9.08. The number of para-hydroxylation sites is 2. The predicted molar refractivity (Wildman–Crippen MR) is 101 cm³/mol. The average Bonchev–Trinajstić information content (AvgIpc) is 2.68.